The largest absolute Gasteiger partial charge is 0.372 e. The van der Waals surface area contributed by atoms with Crippen LogP contribution in [0.5, 0.6) is 0 Å². The van der Waals surface area contributed by atoms with Crippen LogP contribution >= 0.6 is 0 Å². The smallest absolute Gasteiger partial charge is 0.0366 e. The Morgan fingerprint density at radius 1 is 0.905 bits per heavy atom. The summed E-state index contributed by atoms with van der Waals surface area (Å²) in [6.07, 6.45) is 8.16. The monoisotopic (exact) mass is 286 g/mol. The van der Waals surface area contributed by atoms with E-state index >= 15 is 0 Å². The molecule has 0 saturated carbocycles. The molecule has 2 fully saturated rings. The van der Waals surface area contributed by atoms with Crippen molar-refractivity contribution in [3.05, 3.63) is 29.8 Å². The second-order valence-corrected chi connectivity index (χ2v) is 6.81. The van der Waals surface area contributed by atoms with Gasteiger partial charge in [0, 0.05) is 25.3 Å². The van der Waals surface area contributed by atoms with E-state index in [2.05, 4.69) is 41.0 Å². The molecule has 0 spiro atoms. The Morgan fingerprint density at radius 2 is 1.57 bits per heavy atom. The number of hydrogen-bond donors (Lipinski definition) is 0. The Hall–Kier alpha value is -1.02. The van der Waals surface area contributed by atoms with E-state index in [0.717, 1.165) is 12.3 Å². The van der Waals surface area contributed by atoms with Crippen molar-refractivity contribution in [2.24, 2.45) is 5.92 Å². The highest BCUT2D eigenvalue weighted by Gasteiger charge is 2.22. The summed E-state index contributed by atoms with van der Waals surface area (Å²) in [5, 5.41) is 0. The zero-order valence-corrected chi connectivity index (χ0v) is 13.6. The Kier molecular flexibility index (Phi) is 5.18. The van der Waals surface area contributed by atoms with Gasteiger partial charge in [-0.25, -0.2) is 0 Å². The lowest BCUT2D eigenvalue weighted by Crippen LogP contribution is -2.40. The zero-order valence-electron chi connectivity index (χ0n) is 13.6. The van der Waals surface area contributed by atoms with Crippen LogP contribution in [-0.2, 0) is 6.42 Å². The van der Waals surface area contributed by atoms with Crippen molar-refractivity contribution < 1.29 is 0 Å². The van der Waals surface area contributed by atoms with Crippen LogP contribution in [-0.4, -0.2) is 37.6 Å². The van der Waals surface area contributed by atoms with Crippen LogP contribution in [0.1, 0.15) is 44.6 Å². The van der Waals surface area contributed by atoms with Gasteiger partial charge in [0.25, 0.3) is 0 Å². The number of rotatable bonds is 4. The van der Waals surface area contributed by atoms with Gasteiger partial charge >= 0.3 is 0 Å². The highest BCUT2D eigenvalue weighted by atomic mass is 15.2. The third kappa shape index (κ3) is 4.00. The molecule has 0 aliphatic carbocycles. The number of nitrogens with zero attached hydrogens (tertiary/aromatic N) is 2. The molecule has 0 atom stereocenters. The lowest BCUT2D eigenvalue weighted by Gasteiger charge is -2.37. The molecule has 2 heteroatoms. The van der Waals surface area contributed by atoms with E-state index in [0.29, 0.717) is 0 Å². The fraction of sp³-hybridized carbons (Fsp3) is 0.684. The molecule has 2 heterocycles. The first-order valence-electron chi connectivity index (χ1n) is 8.91. The van der Waals surface area contributed by atoms with Crippen LogP contribution in [0.4, 0.5) is 5.69 Å². The first-order valence-corrected chi connectivity index (χ1v) is 8.91. The van der Waals surface area contributed by atoms with E-state index in [1.54, 1.807) is 0 Å². The van der Waals surface area contributed by atoms with Crippen molar-refractivity contribution in [3.8, 4) is 0 Å². The maximum atomic E-state index is 2.71. The van der Waals surface area contributed by atoms with Crippen molar-refractivity contribution in [2.75, 3.05) is 37.6 Å². The molecule has 0 aromatic heterocycles. The van der Waals surface area contributed by atoms with Gasteiger partial charge in [-0.05, 0) is 68.8 Å². The van der Waals surface area contributed by atoms with Gasteiger partial charge in [0.05, 0.1) is 0 Å². The summed E-state index contributed by atoms with van der Waals surface area (Å²) < 4.78 is 0. The summed E-state index contributed by atoms with van der Waals surface area (Å²) in [5.41, 5.74) is 2.86. The van der Waals surface area contributed by atoms with Gasteiger partial charge in [0.2, 0.25) is 0 Å². The van der Waals surface area contributed by atoms with Gasteiger partial charge in [-0.2, -0.15) is 0 Å². The Labute approximate surface area is 130 Å². The average Bonchev–Trinajstić information content (AvgIpc) is 2.57. The zero-order chi connectivity index (χ0) is 14.5. The summed E-state index contributed by atoms with van der Waals surface area (Å²) in [4.78, 5) is 5.28. The highest BCUT2D eigenvalue weighted by molar-refractivity contribution is 5.47. The molecule has 21 heavy (non-hydrogen) atoms. The first kappa shape index (κ1) is 14.9. The summed E-state index contributed by atoms with van der Waals surface area (Å²) in [7, 11) is 0. The molecule has 1 aromatic carbocycles. The van der Waals surface area contributed by atoms with Gasteiger partial charge in [-0.1, -0.05) is 25.5 Å². The fourth-order valence-electron chi connectivity index (χ4n) is 3.82. The number of aryl methyl sites for hydroxylation is 1. The van der Waals surface area contributed by atoms with Gasteiger partial charge in [-0.3, -0.25) is 0 Å². The Bertz CT molecular complexity index is 412. The molecule has 0 amide bonds. The van der Waals surface area contributed by atoms with Crippen molar-refractivity contribution in [3.63, 3.8) is 0 Å². The maximum absolute atomic E-state index is 2.71. The molecule has 0 bridgehead atoms. The SMILES string of the molecule is CCc1ccc(N2CCC(CN3CCCCC3)CC2)cc1. The van der Waals surface area contributed by atoms with Crippen molar-refractivity contribution >= 4 is 5.69 Å². The summed E-state index contributed by atoms with van der Waals surface area (Å²) >= 11 is 0. The van der Waals surface area contributed by atoms with Crippen molar-refractivity contribution in [1.29, 1.82) is 0 Å². The van der Waals surface area contributed by atoms with Gasteiger partial charge in [-0.15, -0.1) is 0 Å². The Morgan fingerprint density at radius 3 is 2.19 bits per heavy atom. The molecule has 2 saturated heterocycles. The molecule has 0 N–H and O–H groups in total. The molecule has 2 aliphatic rings. The molecule has 3 rings (SSSR count). The highest BCUT2D eigenvalue weighted by Crippen LogP contribution is 2.25. The Balaban J connectivity index is 1.47. The number of anilines is 1. The standard InChI is InChI=1S/C19H30N2/c1-2-17-6-8-19(9-7-17)21-14-10-18(11-15-21)16-20-12-4-3-5-13-20/h6-9,18H,2-5,10-16H2,1H3. The number of hydrogen-bond acceptors (Lipinski definition) is 2. The van der Waals surface area contributed by atoms with Crippen LogP contribution in [0.25, 0.3) is 0 Å². The van der Waals surface area contributed by atoms with E-state index in [4.69, 9.17) is 0 Å². The van der Waals surface area contributed by atoms with E-state index in [1.165, 1.54) is 76.1 Å². The predicted octanol–water partition coefficient (Wildman–Crippen LogP) is 3.95. The van der Waals surface area contributed by atoms with E-state index in [9.17, 15) is 0 Å². The third-order valence-corrected chi connectivity index (χ3v) is 5.29. The molecule has 2 nitrogen and oxygen atoms in total. The summed E-state index contributed by atoms with van der Waals surface area (Å²) in [6, 6.07) is 9.19. The van der Waals surface area contributed by atoms with Crippen molar-refractivity contribution in [2.45, 2.75) is 45.4 Å². The van der Waals surface area contributed by atoms with Crippen molar-refractivity contribution in [1.82, 2.24) is 4.90 Å². The first-order chi connectivity index (χ1) is 10.3. The van der Waals surface area contributed by atoms with E-state index in [-0.39, 0.29) is 0 Å². The predicted molar refractivity (Wildman–Crippen MR) is 91.0 cm³/mol. The lowest BCUT2D eigenvalue weighted by atomic mass is 9.95. The van der Waals surface area contributed by atoms with E-state index < -0.39 is 0 Å². The van der Waals surface area contributed by atoms with Crippen LogP contribution in [0.2, 0.25) is 0 Å². The fourth-order valence-corrected chi connectivity index (χ4v) is 3.82. The summed E-state index contributed by atoms with van der Waals surface area (Å²) in [5.74, 6) is 0.925. The van der Waals surface area contributed by atoms with Gasteiger partial charge < -0.3 is 9.80 Å². The molecule has 2 aliphatic heterocycles. The minimum Gasteiger partial charge on any atom is -0.372 e. The summed E-state index contributed by atoms with van der Waals surface area (Å²) in [6.45, 7) is 8.75. The van der Waals surface area contributed by atoms with Crippen LogP contribution < -0.4 is 4.90 Å². The third-order valence-electron chi connectivity index (χ3n) is 5.29. The molecule has 116 valence electrons. The van der Waals surface area contributed by atoms with Crippen LogP contribution in [0, 0.1) is 5.92 Å². The van der Waals surface area contributed by atoms with Gasteiger partial charge in [0.1, 0.15) is 0 Å². The molecule has 0 radical (unpaired) electrons. The number of benzene rings is 1. The minimum atomic E-state index is 0.925. The lowest BCUT2D eigenvalue weighted by molar-refractivity contribution is 0.181. The second-order valence-electron chi connectivity index (χ2n) is 6.81. The minimum absolute atomic E-state index is 0.925. The van der Waals surface area contributed by atoms with E-state index in [1.807, 2.05) is 0 Å². The molecule has 1 aromatic rings. The normalized spacial score (nSPS) is 21.7. The molecule has 0 unspecified atom stereocenters. The van der Waals surface area contributed by atoms with Crippen LogP contribution in [0.3, 0.4) is 0 Å². The quantitative estimate of drug-likeness (QED) is 0.827. The molecular weight excluding hydrogens is 256 g/mol. The second kappa shape index (κ2) is 7.31. The topological polar surface area (TPSA) is 6.48 Å². The number of piperidine rings is 2. The van der Waals surface area contributed by atoms with Gasteiger partial charge in [0.15, 0.2) is 0 Å². The molecular formula is C19H30N2. The maximum Gasteiger partial charge on any atom is 0.0366 e. The van der Waals surface area contributed by atoms with Crippen LogP contribution in [0.15, 0.2) is 24.3 Å². The number of likely N-dealkylation sites (tertiary alicyclic amines) is 1. The average molecular weight is 286 g/mol.